The van der Waals surface area contributed by atoms with Gasteiger partial charge in [0.25, 0.3) is 10.1 Å². The van der Waals surface area contributed by atoms with E-state index in [1.807, 2.05) is 0 Å². The molecule has 0 aromatic carbocycles. The van der Waals surface area contributed by atoms with Gasteiger partial charge in [-0.3, -0.25) is 14.1 Å². The lowest BCUT2D eigenvalue weighted by Crippen LogP contribution is -2.36. The molecular formula is C10H18O11S. The van der Waals surface area contributed by atoms with Crippen LogP contribution in [0.2, 0.25) is 0 Å². The maximum atomic E-state index is 11.5. The summed E-state index contributed by atoms with van der Waals surface area (Å²) in [6.45, 7) is -2.81. The lowest BCUT2D eigenvalue weighted by molar-refractivity contribution is -0.153. The minimum Gasteiger partial charge on any atom is -0.463 e. The summed E-state index contributed by atoms with van der Waals surface area (Å²) in [7, 11) is -4.99. The Morgan fingerprint density at radius 1 is 0.955 bits per heavy atom. The van der Waals surface area contributed by atoms with Crippen LogP contribution >= 0.6 is 0 Å². The number of carbonyl (C=O) groups excluding carboxylic acids is 2. The van der Waals surface area contributed by atoms with E-state index >= 15 is 0 Å². The molecule has 0 rings (SSSR count). The highest BCUT2D eigenvalue weighted by molar-refractivity contribution is 7.87. The number of aliphatic hydroxyl groups excluding tert-OH is 4. The molecule has 11 nitrogen and oxygen atoms in total. The normalized spacial score (nSPS) is 15.7. The van der Waals surface area contributed by atoms with Crippen LogP contribution in [0.3, 0.4) is 0 Å². The summed E-state index contributed by atoms with van der Waals surface area (Å²) in [5.41, 5.74) is 0. The summed E-state index contributed by atoms with van der Waals surface area (Å²) in [4.78, 5) is 22.8. The molecule has 0 aliphatic heterocycles. The SMILES string of the molecule is O=C(CC(C(=O)OCC(O)CO)S(=O)(=O)O)OCC(O)CO. The first-order valence-electron chi connectivity index (χ1n) is 5.98. The highest BCUT2D eigenvalue weighted by atomic mass is 32.2. The average Bonchev–Trinajstić information content (AvgIpc) is 2.45. The molecule has 0 aliphatic carbocycles. The van der Waals surface area contributed by atoms with E-state index in [0.717, 1.165) is 0 Å². The van der Waals surface area contributed by atoms with Crippen molar-refractivity contribution in [1.82, 2.24) is 0 Å². The first kappa shape index (κ1) is 20.7. The molecule has 0 aliphatic rings. The molecule has 0 amide bonds. The Balaban J connectivity index is 4.66. The van der Waals surface area contributed by atoms with Crippen molar-refractivity contribution in [1.29, 1.82) is 0 Å². The van der Waals surface area contributed by atoms with E-state index < -0.39 is 72.4 Å². The molecule has 5 N–H and O–H groups in total. The number of esters is 2. The Kier molecular flexibility index (Phi) is 9.08. The fourth-order valence-corrected chi connectivity index (χ4v) is 1.74. The molecular weight excluding hydrogens is 328 g/mol. The predicted molar refractivity (Wildman–Crippen MR) is 68.1 cm³/mol. The first-order chi connectivity index (χ1) is 10.1. The second kappa shape index (κ2) is 9.66. The maximum absolute atomic E-state index is 11.5. The number of ether oxygens (including phenoxy) is 2. The molecule has 12 heteroatoms. The van der Waals surface area contributed by atoms with Crippen LogP contribution in [-0.4, -0.2) is 89.2 Å². The predicted octanol–water partition coefficient (Wildman–Crippen LogP) is -3.57. The second-order valence-corrected chi connectivity index (χ2v) is 5.79. The fourth-order valence-electron chi connectivity index (χ4n) is 1.09. The zero-order valence-electron chi connectivity index (χ0n) is 11.4. The van der Waals surface area contributed by atoms with Crippen molar-refractivity contribution >= 4 is 22.1 Å². The molecule has 0 aromatic rings. The van der Waals surface area contributed by atoms with Crippen molar-refractivity contribution in [3.8, 4) is 0 Å². The zero-order chi connectivity index (χ0) is 17.3. The Labute approximate surface area is 125 Å². The molecule has 22 heavy (non-hydrogen) atoms. The van der Waals surface area contributed by atoms with Gasteiger partial charge in [-0.1, -0.05) is 0 Å². The molecule has 0 radical (unpaired) electrons. The lowest BCUT2D eigenvalue weighted by Gasteiger charge is -2.15. The van der Waals surface area contributed by atoms with Crippen molar-refractivity contribution in [3.63, 3.8) is 0 Å². The fraction of sp³-hybridized carbons (Fsp3) is 0.800. The standard InChI is InChI=1S/C10H18O11S/c11-2-6(13)4-20-9(15)1-8(22(17,18)19)10(16)21-5-7(14)3-12/h6-8,11-14H,1-5H2,(H,17,18,19). The van der Waals surface area contributed by atoms with Crippen molar-refractivity contribution in [2.75, 3.05) is 26.4 Å². The van der Waals surface area contributed by atoms with Crippen LogP contribution in [0.1, 0.15) is 6.42 Å². The third-order valence-electron chi connectivity index (χ3n) is 2.25. The number of hydrogen-bond donors (Lipinski definition) is 5. The molecule has 0 heterocycles. The Morgan fingerprint density at radius 3 is 1.82 bits per heavy atom. The minimum atomic E-state index is -4.99. The van der Waals surface area contributed by atoms with E-state index in [2.05, 4.69) is 9.47 Å². The summed E-state index contributed by atoms with van der Waals surface area (Å²) in [5, 5.41) is 32.6. The molecule has 3 atom stereocenters. The van der Waals surface area contributed by atoms with Gasteiger partial charge in [-0.15, -0.1) is 0 Å². The van der Waals surface area contributed by atoms with Crippen LogP contribution in [-0.2, 0) is 29.2 Å². The van der Waals surface area contributed by atoms with Crippen LogP contribution in [0.5, 0.6) is 0 Å². The summed E-state index contributed by atoms with van der Waals surface area (Å²) in [5.74, 6) is -2.76. The van der Waals surface area contributed by atoms with Gasteiger partial charge in [-0.05, 0) is 0 Å². The van der Waals surface area contributed by atoms with Gasteiger partial charge in [0.05, 0.1) is 19.6 Å². The Hall–Kier alpha value is -1.31. The van der Waals surface area contributed by atoms with Crippen LogP contribution < -0.4 is 0 Å². The van der Waals surface area contributed by atoms with Crippen molar-refractivity contribution in [3.05, 3.63) is 0 Å². The summed E-state index contributed by atoms with van der Waals surface area (Å²) in [6.07, 6.45) is -3.91. The van der Waals surface area contributed by atoms with Gasteiger partial charge in [-0.25, -0.2) is 0 Å². The third kappa shape index (κ3) is 8.21. The quantitative estimate of drug-likeness (QED) is 0.194. The Morgan fingerprint density at radius 2 is 1.41 bits per heavy atom. The van der Waals surface area contributed by atoms with E-state index in [-0.39, 0.29) is 0 Å². The van der Waals surface area contributed by atoms with E-state index in [4.69, 9.17) is 25.0 Å². The zero-order valence-corrected chi connectivity index (χ0v) is 12.2. The van der Waals surface area contributed by atoms with E-state index in [9.17, 15) is 18.0 Å². The highest BCUT2D eigenvalue weighted by Gasteiger charge is 2.36. The average molecular weight is 346 g/mol. The van der Waals surface area contributed by atoms with E-state index in [1.165, 1.54) is 0 Å². The molecule has 0 spiro atoms. The van der Waals surface area contributed by atoms with Crippen LogP contribution in [0.15, 0.2) is 0 Å². The molecule has 0 saturated heterocycles. The topological polar surface area (TPSA) is 188 Å². The Bertz CT molecular complexity index is 459. The minimum absolute atomic E-state index is 0.633. The number of rotatable bonds is 10. The molecule has 0 saturated carbocycles. The number of aliphatic hydroxyl groups is 4. The number of hydrogen-bond acceptors (Lipinski definition) is 10. The third-order valence-corrected chi connectivity index (χ3v) is 3.33. The van der Waals surface area contributed by atoms with Gasteiger partial charge < -0.3 is 29.9 Å². The molecule has 130 valence electrons. The van der Waals surface area contributed by atoms with Gasteiger partial charge in [0, 0.05) is 0 Å². The maximum Gasteiger partial charge on any atom is 0.327 e. The summed E-state index contributed by atoms with van der Waals surface area (Å²) < 4.78 is 39.8. The van der Waals surface area contributed by atoms with Crippen LogP contribution in [0.25, 0.3) is 0 Å². The number of carbonyl (C=O) groups is 2. The van der Waals surface area contributed by atoms with Crippen molar-refractivity contribution in [2.45, 2.75) is 23.9 Å². The molecule has 0 aromatic heterocycles. The summed E-state index contributed by atoms with van der Waals surface area (Å²) >= 11 is 0. The lowest BCUT2D eigenvalue weighted by atomic mass is 10.3. The monoisotopic (exact) mass is 346 g/mol. The summed E-state index contributed by atoms with van der Waals surface area (Å²) in [6, 6.07) is 0. The van der Waals surface area contributed by atoms with E-state index in [1.54, 1.807) is 0 Å². The van der Waals surface area contributed by atoms with Crippen LogP contribution in [0.4, 0.5) is 0 Å². The largest absolute Gasteiger partial charge is 0.463 e. The van der Waals surface area contributed by atoms with Crippen molar-refractivity contribution in [2.24, 2.45) is 0 Å². The van der Waals surface area contributed by atoms with Gasteiger partial charge in [0.2, 0.25) is 0 Å². The van der Waals surface area contributed by atoms with Gasteiger partial charge in [0.15, 0.2) is 5.25 Å². The van der Waals surface area contributed by atoms with Gasteiger partial charge >= 0.3 is 11.9 Å². The second-order valence-electron chi connectivity index (χ2n) is 4.19. The van der Waals surface area contributed by atoms with Crippen molar-refractivity contribution < 1.29 is 52.5 Å². The smallest absolute Gasteiger partial charge is 0.327 e. The van der Waals surface area contributed by atoms with Gasteiger partial charge in [-0.2, -0.15) is 8.42 Å². The first-order valence-corrected chi connectivity index (χ1v) is 7.48. The molecule has 3 unspecified atom stereocenters. The molecule has 0 bridgehead atoms. The molecule has 0 fully saturated rings. The van der Waals surface area contributed by atoms with Crippen LogP contribution in [0, 0.1) is 0 Å². The highest BCUT2D eigenvalue weighted by Crippen LogP contribution is 2.09. The van der Waals surface area contributed by atoms with E-state index in [0.29, 0.717) is 0 Å². The van der Waals surface area contributed by atoms with Gasteiger partial charge in [0.1, 0.15) is 25.4 Å².